The van der Waals surface area contributed by atoms with Crippen molar-refractivity contribution in [1.82, 2.24) is 4.90 Å². The minimum atomic E-state index is -2.46. The summed E-state index contributed by atoms with van der Waals surface area (Å²) in [6, 6.07) is -1.16. The van der Waals surface area contributed by atoms with Gasteiger partial charge < -0.3 is 53.4 Å². The third-order valence-corrected chi connectivity index (χ3v) is 15.4. The number of carbonyl (C=O) groups is 5. The molecule has 408 valence electrons. The Hall–Kier alpha value is -3.45. The maximum atomic E-state index is 14.6. The number of aliphatic hydroxyl groups excluding tert-OH is 2. The number of amides is 1. The van der Waals surface area contributed by atoms with Crippen LogP contribution in [0.2, 0.25) is 0 Å². The Labute approximate surface area is 429 Å². The van der Waals surface area contributed by atoms with Crippen molar-refractivity contribution in [2.24, 2.45) is 35.5 Å². The number of methoxy groups -OCH3 is 3. The van der Waals surface area contributed by atoms with Crippen molar-refractivity contribution in [2.45, 2.75) is 186 Å². The van der Waals surface area contributed by atoms with Gasteiger partial charge >= 0.3 is 5.97 Å². The van der Waals surface area contributed by atoms with E-state index in [1.54, 1.807) is 41.1 Å². The molecule has 1 amide bonds. The Morgan fingerprint density at radius 2 is 1.58 bits per heavy atom. The number of hydrogen-bond acceptors (Lipinski definition) is 15. The summed E-state index contributed by atoms with van der Waals surface area (Å²) >= 11 is 0. The highest BCUT2D eigenvalue weighted by Gasteiger charge is 2.53. The van der Waals surface area contributed by atoms with Crippen LogP contribution in [0.3, 0.4) is 0 Å². The molecule has 4 rings (SSSR count). The number of cyclic esters (lactones) is 1. The first-order chi connectivity index (χ1) is 34.3. The van der Waals surface area contributed by atoms with Crippen molar-refractivity contribution in [3.63, 3.8) is 0 Å². The average molecular weight is 1020 g/mol. The van der Waals surface area contributed by atoms with Gasteiger partial charge in [-0.3, -0.25) is 19.2 Å². The molecule has 16 nitrogen and oxygen atoms in total. The Morgan fingerprint density at radius 1 is 0.833 bits per heavy atom. The molecule has 0 radical (unpaired) electrons. The normalized spacial score (nSPS) is 36.5. The number of aliphatic hydroxyl groups is 3. The Kier molecular flexibility index (Phi) is 25.6. The first kappa shape index (κ1) is 61.1. The van der Waals surface area contributed by atoms with Crippen molar-refractivity contribution >= 4 is 29.2 Å². The highest BCUT2D eigenvalue weighted by molar-refractivity contribution is 6.39. The zero-order chi connectivity index (χ0) is 53.1. The number of fused-ring (bicyclic) bond motifs is 3. The quantitative estimate of drug-likeness (QED) is 0.0767. The van der Waals surface area contributed by atoms with Gasteiger partial charge in [0.2, 0.25) is 5.79 Å². The fourth-order valence-corrected chi connectivity index (χ4v) is 10.8. The molecule has 0 spiro atoms. The zero-order valence-corrected chi connectivity index (χ0v) is 45.0. The van der Waals surface area contributed by atoms with Crippen LogP contribution in [0.5, 0.6) is 0 Å². The van der Waals surface area contributed by atoms with Gasteiger partial charge in [0.15, 0.2) is 5.78 Å². The summed E-state index contributed by atoms with van der Waals surface area (Å²) in [7, 11) is 4.61. The monoisotopic (exact) mass is 1020 g/mol. The number of esters is 1. The van der Waals surface area contributed by atoms with E-state index in [0.717, 1.165) is 18.4 Å². The van der Waals surface area contributed by atoms with Crippen LogP contribution in [0.25, 0.3) is 0 Å². The molecule has 1 saturated carbocycles. The summed E-state index contributed by atoms with van der Waals surface area (Å²) in [5.41, 5.74) is 1.24. The molecule has 0 aromatic rings. The predicted octanol–water partition coefficient (Wildman–Crippen LogP) is 6.60. The third-order valence-electron chi connectivity index (χ3n) is 15.4. The van der Waals surface area contributed by atoms with Crippen LogP contribution < -0.4 is 0 Å². The van der Waals surface area contributed by atoms with Crippen LogP contribution >= 0.6 is 0 Å². The van der Waals surface area contributed by atoms with Crippen LogP contribution in [0.1, 0.15) is 132 Å². The van der Waals surface area contributed by atoms with E-state index < -0.39 is 77.8 Å². The van der Waals surface area contributed by atoms with E-state index in [1.165, 1.54) is 12.0 Å². The lowest BCUT2D eigenvalue weighted by molar-refractivity contribution is -0.266. The number of Topliss-reactive ketones (excluding diaryl/α,β-unsaturated/α-hetero) is 3. The number of rotatable bonds is 13. The first-order valence-corrected chi connectivity index (χ1v) is 26.6. The average Bonchev–Trinajstić information content (AvgIpc) is 3.36. The van der Waals surface area contributed by atoms with Gasteiger partial charge in [-0.1, -0.05) is 71.1 Å². The summed E-state index contributed by atoms with van der Waals surface area (Å²) in [4.78, 5) is 72.6. The Bertz CT molecular complexity index is 1880. The second kappa shape index (κ2) is 30.2. The molecular formula is C56H89NO15. The molecule has 15 atom stereocenters. The molecule has 3 aliphatic heterocycles. The van der Waals surface area contributed by atoms with E-state index in [2.05, 4.69) is 0 Å². The minimum absolute atomic E-state index is 0.000907. The molecule has 2 saturated heterocycles. The second-order valence-electron chi connectivity index (χ2n) is 21.1. The number of hydrogen-bond donors (Lipinski definition) is 3. The number of ketones is 3. The van der Waals surface area contributed by atoms with Crippen LogP contribution in [0, 0.1) is 35.5 Å². The molecule has 72 heavy (non-hydrogen) atoms. The van der Waals surface area contributed by atoms with Crippen molar-refractivity contribution in [3.8, 4) is 0 Å². The third kappa shape index (κ3) is 17.3. The van der Waals surface area contributed by atoms with Gasteiger partial charge in [0.05, 0.1) is 37.6 Å². The number of ether oxygens (including phenoxy) is 7. The lowest BCUT2D eigenvalue weighted by atomic mass is 9.78. The van der Waals surface area contributed by atoms with Crippen LogP contribution in [-0.2, 0) is 57.1 Å². The molecule has 16 heteroatoms. The summed E-state index contributed by atoms with van der Waals surface area (Å²) < 4.78 is 41.6. The van der Waals surface area contributed by atoms with Gasteiger partial charge in [0.1, 0.15) is 30.1 Å². The lowest BCUT2D eigenvalue weighted by Gasteiger charge is -2.43. The van der Waals surface area contributed by atoms with E-state index in [9.17, 15) is 39.3 Å². The largest absolute Gasteiger partial charge is 0.460 e. The van der Waals surface area contributed by atoms with E-state index in [1.807, 2.05) is 58.1 Å². The Balaban J connectivity index is 1.71. The molecule has 3 heterocycles. The van der Waals surface area contributed by atoms with Gasteiger partial charge in [-0.25, -0.2) is 4.79 Å². The summed E-state index contributed by atoms with van der Waals surface area (Å²) in [5.74, 6) is -8.06. The van der Waals surface area contributed by atoms with Crippen molar-refractivity contribution in [3.05, 3.63) is 47.6 Å². The molecule has 0 aromatic carbocycles. The van der Waals surface area contributed by atoms with Crippen molar-refractivity contribution in [1.29, 1.82) is 0 Å². The van der Waals surface area contributed by atoms with Gasteiger partial charge in [0.25, 0.3) is 11.7 Å². The summed E-state index contributed by atoms with van der Waals surface area (Å²) in [6.07, 6.45) is 12.4. The molecule has 3 N–H and O–H groups in total. The fraction of sp³-hybridized carbons (Fsp3) is 0.768. The number of piperidine rings is 1. The molecular weight excluding hydrogens is 927 g/mol. The first-order valence-electron chi connectivity index (χ1n) is 26.6. The van der Waals surface area contributed by atoms with E-state index in [-0.39, 0.29) is 80.5 Å². The summed E-state index contributed by atoms with van der Waals surface area (Å²) in [5, 5.41) is 32.9. The highest BCUT2D eigenvalue weighted by atomic mass is 16.6. The smallest absolute Gasteiger partial charge is 0.329 e. The van der Waals surface area contributed by atoms with Gasteiger partial charge in [-0.05, 0) is 113 Å². The molecule has 0 aromatic heterocycles. The topological polar surface area (TPSA) is 214 Å². The van der Waals surface area contributed by atoms with Crippen LogP contribution in [0.15, 0.2) is 47.6 Å². The fourth-order valence-electron chi connectivity index (χ4n) is 10.8. The van der Waals surface area contributed by atoms with Gasteiger partial charge in [-0.15, -0.1) is 0 Å². The lowest BCUT2D eigenvalue weighted by Crippen LogP contribution is -2.61. The predicted molar refractivity (Wildman–Crippen MR) is 271 cm³/mol. The van der Waals surface area contributed by atoms with Gasteiger partial charge in [0, 0.05) is 71.7 Å². The standard InChI is InChI=1S/C56H89NO15/c1-35-17-12-11-13-18-36(2)47(70-28-27-66-8)33-43-22-20-41(7)56(65,72-43)53(62)54(63)57-24-15-14-19-44(57)55(64)71-48(38(4)31-42-21-23-46(49(32-42)67-9)69-26-16-25-58)34-45(59)37(3)30-40(6)51(61)52(68-10)50(60)39(5)29-35/h11-13,17-18,30,35,37-39,41-44,46-49,51-52,58,61,65H,14-16,19-29,31-34H2,1-10H3/b13-11?,17-12+,36-18?,40-30+/t35-,37-,38-,39-,41-,42+,43+,44+,46-,47-,48+,49-,51-,52+,56-/m1/s1. The zero-order valence-electron chi connectivity index (χ0n) is 45.0. The maximum absolute atomic E-state index is 14.6. The molecule has 0 unspecified atom stereocenters. The van der Waals surface area contributed by atoms with E-state index in [4.69, 9.17) is 33.2 Å². The summed E-state index contributed by atoms with van der Waals surface area (Å²) in [6.45, 7) is 13.9. The number of carbonyl (C=O) groups excluding carboxylic acids is 5. The molecule has 4 aliphatic rings. The van der Waals surface area contributed by atoms with Crippen LogP contribution in [0.4, 0.5) is 0 Å². The maximum Gasteiger partial charge on any atom is 0.329 e. The van der Waals surface area contributed by atoms with Crippen LogP contribution in [-0.4, -0.2) is 158 Å². The highest BCUT2D eigenvalue weighted by Crippen LogP contribution is 2.38. The minimum Gasteiger partial charge on any atom is -0.460 e. The van der Waals surface area contributed by atoms with Crippen molar-refractivity contribution < 1.29 is 72.5 Å². The van der Waals surface area contributed by atoms with Gasteiger partial charge in [-0.2, -0.15) is 0 Å². The van der Waals surface area contributed by atoms with E-state index in [0.29, 0.717) is 70.2 Å². The molecule has 3 fully saturated rings. The number of nitrogens with zero attached hydrogens (tertiary/aromatic N) is 1. The molecule has 1 aliphatic carbocycles. The van der Waals surface area contributed by atoms with Crippen molar-refractivity contribution in [2.75, 3.05) is 54.3 Å². The molecule has 2 bridgehead atoms. The SMILES string of the molecule is COCCO[C@@H]1C[C@@H]2CC[C@@H](C)[C@@](O)(O2)C(=O)C(=O)N2CCCC[C@H]2C(=O)O[C@H]([C@H](C)C[C@@H]2CC[C@@H](OCCCO)[C@H](OC)C2)CC(=O)[C@H](C)/C=C(\C)[C@@H](O)[C@@H](OC)C(=O)[C@H](C)C[C@H](C)/C=C/C=CC=C1C. The number of allylic oxidation sites excluding steroid dienone is 6. The van der Waals surface area contributed by atoms with E-state index >= 15 is 0 Å². The second-order valence-corrected chi connectivity index (χ2v) is 21.1. The Morgan fingerprint density at radius 3 is 2.28 bits per heavy atom.